The van der Waals surface area contributed by atoms with Crippen molar-refractivity contribution in [2.45, 2.75) is 38.8 Å². The highest BCUT2D eigenvalue weighted by atomic mass is 35.5. The van der Waals surface area contributed by atoms with E-state index < -0.39 is 18.0 Å². The number of aromatic carboxylic acids is 1. The largest absolute Gasteiger partial charge is 0.477 e. The van der Waals surface area contributed by atoms with Gasteiger partial charge < -0.3 is 29.8 Å². The lowest BCUT2D eigenvalue weighted by Gasteiger charge is -2.37. The van der Waals surface area contributed by atoms with Crippen LogP contribution < -0.4 is 10.2 Å². The number of carbonyl (C=O) groups is 3. The minimum atomic E-state index is -1.20. The van der Waals surface area contributed by atoms with Crippen LogP contribution in [-0.4, -0.2) is 78.8 Å². The number of aromatic nitrogens is 2. The normalized spacial score (nSPS) is 19.0. The molecule has 35 heavy (non-hydrogen) atoms. The second kappa shape index (κ2) is 11.7. The number of carbonyl (C=O) groups excluding carboxylic acids is 2. The number of piperidine rings is 1. The third-order valence-corrected chi connectivity index (χ3v) is 7.84. The van der Waals surface area contributed by atoms with Crippen LogP contribution in [0.2, 0.25) is 10.0 Å². The van der Waals surface area contributed by atoms with Crippen molar-refractivity contribution in [1.82, 2.24) is 15.3 Å². The molecule has 1 saturated heterocycles. The number of rotatable bonds is 10. The summed E-state index contributed by atoms with van der Waals surface area (Å²) in [6.45, 7) is 4.79. The molecule has 3 rings (SSSR count). The van der Waals surface area contributed by atoms with Crippen LogP contribution in [0.3, 0.4) is 0 Å². The van der Waals surface area contributed by atoms with E-state index in [0.29, 0.717) is 42.0 Å². The predicted octanol–water partition coefficient (Wildman–Crippen LogP) is 3.66. The zero-order chi connectivity index (χ0) is 25.9. The first-order valence-corrected chi connectivity index (χ1v) is 12.5. The van der Waals surface area contributed by atoms with Crippen molar-refractivity contribution in [2.75, 3.05) is 38.8 Å². The number of carboxylic acids is 1. The van der Waals surface area contributed by atoms with E-state index in [4.69, 9.17) is 32.7 Å². The van der Waals surface area contributed by atoms with Gasteiger partial charge in [0.1, 0.15) is 16.3 Å². The zero-order valence-corrected chi connectivity index (χ0v) is 22.1. The number of aromatic amines is 1. The summed E-state index contributed by atoms with van der Waals surface area (Å²) in [6.07, 6.45) is 0.235. The quantitative estimate of drug-likeness (QED) is 0.384. The summed E-state index contributed by atoms with van der Waals surface area (Å²) in [5, 5.41) is 13.5. The van der Waals surface area contributed by atoms with Crippen LogP contribution in [0.25, 0.3) is 0 Å². The average Bonchev–Trinajstić information content (AvgIpc) is 3.37. The number of thiazole rings is 1. The number of amides is 1. The van der Waals surface area contributed by atoms with Crippen molar-refractivity contribution in [1.29, 1.82) is 0 Å². The molecule has 1 fully saturated rings. The lowest BCUT2D eigenvalue weighted by atomic mass is 10.0. The molecule has 3 heterocycles. The monoisotopic (exact) mass is 546 g/mol. The molecule has 0 aliphatic carbocycles. The van der Waals surface area contributed by atoms with Crippen LogP contribution in [-0.2, 0) is 9.47 Å². The number of halogens is 2. The van der Waals surface area contributed by atoms with Gasteiger partial charge in [-0.2, -0.15) is 0 Å². The third-order valence-electron chi connectivity index (χ3n) is 5.79. The van der Waals surface area contributed by atoms with Gasteiger partial charge in [-0.3, -0.25) is 9.59 Å². The highest BCUT2D eigenvalue weighted by Crippen LogP contribution is 2.32. The number of carboxylic acid groups (broad SMARTS) is 1. The molecule has 2 aromatic heterocycles. The highest BCUT2D eigenvalue weighted by Gasteiger charge is 2.34. The Hall–Kier alpha value is -2.18. The van der Waals surface area contributed by atoms with Crippen LogP contribution in [0, 0.1) is 12.8 Å². The van der Waals surface area contributed by atoms with Gasteiger partial charge in [-0.05, 0) is 19.3 Å². The Morgan fingerprint density at radius 3 is 2.60 bits per heavy atom. The molecule has 3 N–H and O–H groups in total. The lowest BCUT2D eigenvalue weighted by Crippen LogP contribution is -2.55. The van der Waals surface area contributed by atoms with Gasteiger partial charge in [0, 0.05) is 46.0 Å². The first-order valence-electron chi connectivity index (χ1n) is 11.0. The third kappa shape index (κ3) is 6.15. The molecule has 1 amide bonds. The van der Waals surface area contributed by atoms with E-state index >= 15 is 0 Å². The molecule has 192 valence electrons. The lowest BCUT2D eigenvalue weighted by molar-refractivity contribution is 0.0540. The van der Waals surface area contributed by atoms with Gasteiger partial charge in [0.05, 0.1) is 22.2 Å². The number of Topliss-reactive ketones (excluding diaryl/α,β-unsaturated/α-hetero) is 1. The van der Waals surface area contributed by atoms with Crippen LogP contribution in [0.5, 0.6) is 0 Å². The van der Waals surface area contributed by atoms with Crippen molar-refractivity contribution >= 4 is 57.3 Å². The van der Waals surface area contributed by atoms with Gasteiger partial charge >= 0.3 is 5.97 Å². The van der Waals surface area contributed by atoms with Crippen molar-refractivity contribution in [3.63, 3.8) is 0 Å². The summed E-state index contributed by atoms with van der Waals surface area (Å²) in [4.78, 5) is 46.4. The van der Waals surface area contributed by atoms with E-state index in [-0.39, 0.29) is 45.5 Å². The maximum Gasteiger partial charge on any atom is 0.348 e. The minimum Gasteiger partial charge on any atom is -0.477 e. The maximum absolute atomic E-state index is 12.8. The van der Waals surface area contributed by atoms with Crippen LogP contribution in [0.4, 0.5) is 5.13 Å². The highest BCUT2D eigenvalue weighted by molar-refractivity contribution is 7.17. The van der Waals surface area contributed by atoms with Crippen LogP contribution in [0.1, 0.15) is 56.1 Å². The van der Waals surface area contributed by atoms with Gasteiger partial charge in [-0.15, -0.1) is 0 Å². The van der Waals surface area contributed by atoms with Gasteiger partial charge in [-0.1, -0.05) is 41.5 Å². The topological polar surface area (TPSA) is 134 Å². The predicted molar refractivity (Wildman–Crippen MR) is 133 cm³/mol. The molecule has 13 heteroatoms. The van der Waals surface area contributed by atoms with Gasteiger partial charge in [0.2, 0.25) is 0 Å². The van der Waals surface area contributed by atoms with Crippen LogP contribution in [0.15, 0.2) is 0 Å². The first kappa shape index (κ1) is 27.4. The van der Waals surface area contributed by atoms with Crippen LogP contribution >= 0.6 is 34.5 Å². The van der Waals surface area contributed by atoms with Gasteiger partial charge in [0.15, 0.2) is 10.9 Å². The van der Waals surface area contributed by atoms with E-state index in [1.807, 2.05) is 11.8 Å². The molecule has 2 aromatic rings. The number of hydrogen-bond donors (Lipinski definition) is 3. The fourth-order valence-corrected chi connectivity index (χ4v) is 5.37. The Bertz CT molecular complexity index is 1100. The molecule has 0 bridgehead atoms. The number of nitrogens with one attached hydrogen (secondary N) is 2. The SMILES string of the molecule is COC[C@H](C)CC(=O)c1nc(N2CC[C@@H](NC(=O)c3[nH]c(C)c(Cl)c3Cl)[C@@H](OC)C2)sc1C(=O)O. The molecule has 0 saturated carbocycles. The number of methoxy groups -OCH3 is 2. The van der Waals surface area contributed by atoms with E-state index in [9.17, 15) is 19.5 Å². The molecule has 3 atom stereocenters. The molecule has 0 spiro atoms. The number of ether oxygens (including phenoxy) is 2. The molecule has 1 aliphatic rings. The van der Waals surface area contributed by atoms with Crippen molar-refractivity contribution < 1.29 is 29.0 Å². The maximum atomic E-state index is 12.8. The Kier molecular flexibility index (Phi) is 9.16. The van der Waals surface area contributed by atoms with E-state index in [1.54, 1.807) is 14.0 Å². The summed E-state index contributed by atoms with van der Waals surface area (Å²) >= 11 is 13.2. The fraction of sp³-hybridized carbons (Fsp3) is 0.545. The number of nitrogens with zero attached hydrogens (tertiary/aromatic N) is 2. The number of aryl methyl sites for hydroxylation is 1. The van der Waals surface area contributed by atoms with Crippen molar-refractivity contribution in [2.24, 2.45) is 5.92 Å². The molecule has 10 nitrogen and oxygen atoms in total. The van der Waals surface area contributed by atoms with Gasteiger partial charge in [0.25, 0.3) is 5.91 Å². The number of hydrogen-bond acceptors (Lipinski definition) is 8. The summed E-state index contributed by atoms with van der Waals surface area (Å²) in [5.41, 5.74) is 0.738. The average molecular weight is 547 g/mol. The van der Waals surface area contributed by atoms with E-state index in [2.05, 4.69) is 15.3 Å². The molecule has 0 radical (unpaired) electrons. The second-order valence-corrected chi connectivity index (χ2v) is 10.2. The Labute approximate surface area is 216 Å². The van der Waals surface area contributed by atoms with E-state index in [1.165, 1.54) is 7.11 Å². The number of H-pyrrole nitrogens is 1. The van der Waals surface area contributed by atoms with E-state index in [0.717, 1.165) is 11.3 Å². The molecule has 0 unspecified atom stereocenters. The smallest absolute Gasteiger partial charge is 0.348 e. The summed E-state index contributed by atoms with van der Waals surface area (Å²) in [6, 6.07) is -0.322. The summed E-state index contributed by atoms with van der Waals surface area (Å²) in [5.74, 6) is -2.00. The first-order chi connectivity index (χ1) is 16.6. The second-order valence-electron chi connectivity index (χ2n) is 8.51. The Morgan fingerprint density at radius 1 is 1.31 bits per heavy atom. The summed E-state index contributed by atoms with van der Waals surface area (Å²) < 4.78 is 10.7. The van der Waals surface area contributed by atoms with Crippen molar-refractivity contribution in [3.05, 3.63) is 32.0 Å². The number of ketones is 1. The fourth-order valence-electron chi connectivity index (χ4n) is 4.00. The van der Waals surface area contributed by atoms with Gasteiger partial charge in [-0.25, -0.2) is 9.78 Å². The summed E-state index contributed by atoms with van der Waals surface area (Å²) in [7, 11) is 3.08. The molecule has 0 aromatic carbocycles. The molecule has 1 aliphatic heterocycles. The number of anilines is 1. The minimum absolute atomic E-state index is 0.0431. The standard InChI is InChI=1S/C22H28Cl2N4O6S/c1-10(9-33-3)7-13(29)17-19(21(31)32)35-22(27-17)28-6-5-12(14(8-28)34-4)26-20(30)18-16(24)15(23)11(2)25-18/h10,12,14,25H,5-9H2,1-4H3,(H,26,30)(H,31,32)/t10-,12-,14+/m1/s1. The Morgan fingerprint density at radius 2 is 2.03 bits per heavy atom. The zero-order valence-electron chi connectivity index (χ0n) is 19.8. The Balaban J connectivity index is 1.73. The van der Waals surface area contributed by atoms with Crippen molar-refractivity contribution in [3.8, 4) is 0 Å². The molecular formula is C22H28Cl2N4O6S. The molecular weight excluding hydrogens is 519 g/mol.